The highest BCUT2D eigenvalue weighted by Crippen LogP contribution is 2.19. The zero-order chi connectivity index (χ0) is 11.2. The van der Waals surface area contributed by atoms with Crippen LogP contribution in [-0.4, -0.2) is 17.3 Å². The van der Waals surface area contributed by atoms with Crippen molar-refractivity contribution in [3.8, 4) is 0 Å². The minimum absolute atomic E-state index is 0.0843. The van der Waals surface area contributed by atoms with E-state index in [0.717, 1.165) is 0 Å². The number of hydrogen-bond donors (Lipinski definition) is 0. The van der Waals surface area contributed by atoms with Gasteiger partial charge in [0.25, 0.3) is 0 Å². The minimum Gasteiger partial charge on any atom is -0.377 e. The van der Waals surface area contributed by atoms with Gasteiger partial charge in [-0.25, -0.2) is 0 Å². The summed E-state index contributed by atoms with van der Waals surface area (Å²) in [4.78, 5) is 4.17. The van der Waals surface area contributed by atoms with Gasteiger partial charge < -0.3 is 9.26 Å². The van der Waals surface area contributed by atoms with Crippen LogP contribution >= 0.6 is 0 Å². The molecule has 82 valence electrons. The normalized spacial score (nSPS) is 10.7. The van der Waals surface area contributed by atoms with E-state index in [0.29, 0.717) is 18.3 Å². The monoisotopic (exact) mass is 200 g/mol. The molecule has 1 heterocycles. The Kier molecular flexibility index (Phi) is 5.38. The maximum atomic E-state index is 5.04. The molecule has 0 fully saturated rings. The molecule has 4 heteroatoms. The van der Waals surface area contributed by atoms with E-state index in [1.807, 2.05) is 34.6 Å². The Hall–Kier alpha value is -0.900. The van der Waals surface area contributed by atoms with Gasteiger partial charge in [-0.05, 0) is 0 Å². The first-order valence-electron chi connectivity index (χ1n) is 4.86. The largest absolute Gasteiger partial charge is 0.377 e. The van der Waals surface area contributed by atoms with Crippen molar-refractivity contribution in [2.45, 2.75) is 46.6 Å². The molecule has 14 heavy (non-hydrogen) atoms. The lowest BCUT2D eigenvalue weighted by Crippen LogP contribution is -2.11. The van der Waals surface area contributed by atoms with Gasteiger partial charge in [0.05, 0.1) is 0 Å². The molecule has 0 aliphatic heterocycles. The topological polar surface area (TPSA) is 48.2 Å². The summed E-state index contributed by atoms with van der Waals surface area (Å²) in [6.45, 7) is 10.5. The summed E-state index contributed by atoms with van der Waals surface area (Å²) in [5.41, 5.74) is -0.0843. The Morgan fingerprint density at radius 3 is 2.21 bits per heavy atom. The summed E-state index contributed by atoms with van der Waals surface area (Å²) in [6.07, 6.45) is 0. The lowest BCUT2D eigenvalue weighted by molar-refractivity contribution is 0.174. The van der Waals surface area contributed by atoms with Gasteiger partial charge in [0.15, 0.2) is 5.82 Å². The van der Waals surface area contributed by atoms with Gasteiger partial charge in [0, 0.05) is 12.5 Å². The van der Waals surface area contributed by atoms with Gasteiger partial charge in [0.2, 0.25) is 5.89 Å². The molecule has 0 aromatic carbocycles. The summed E-state index contributed by atoms with van der Waals surface area (Å²) in [6, 6.07) is 0. The van der Waals surface area contributed by atoms with Gasteiger partial charge in [-0.15, -0.1) is 0 Å². The molecule has 4 nitrogen and oxygen atoms in total. The molecule has 0 saturated heterocycles. The molecular formula is C10H20N2O2. The Labute approximate surface area is 85.7 Å². The first-order chi connectivity index (χ1) is 6.54. The fraction of sp³-hybridized carbons (Fsp3) is 0.800. The van der Waals surface area contributed by atoms with E-state index < -0.39 is 0 Å². The molecule has 1 aromatic rings. The Morgan fingerprint density at radius 2 is 1.86 bits per heavy atom. The highest BCUT2D eigenvalue weighted by molar-refractivity contribution is 4.97. The number of rotatable bonds is 2. The second kappa shape index (κ2) is 5.75. The maximum Gasteiger partial charge on any atom is 0.232 e. The van der Waals surface area contributed by atoms with E-state index in [9.17, 15) is 0 Å². The van der Waals surface area contributed by atoms with Crippen LogP contribution in [0.25, 0.3) is 0 Å². The number of ether oxygens (including phenoxy) is 1. The second-order valence-corrected chi connectivity index (χ2v) is 3.70. The summed E-state index contributed by atoms with van der Waals surface area (Å²) in [7, 11) is 1.60. The first kappa shape index (κ1) is 13.1. The third-order valence-corrected chi connectivity index (χ3v) is 1.38. The lowest BCUT2D eigenvalue weighted by Gasteiger charge is -2.10. The van der Waals surface area contributed by atoms with Crippen molar-refractivity contribution in [1.82, 2.24) is 10.1 Å². The third kappa shape index (κ3) is 3.87. The van der Waals surface area contributed by atoms with Crippen LogP contribution < -0.4 is 0 Å². The summed E-state index contributed by atoms with van der Waals surface area (Å²) < 4.78 is 9.91. The smallest absolute Gasteiger partial charge is 0.232 e. The van der Waals surface area contributed by atoms with E-state index in [4.69, 9.17) is 9.26 Å². The number of methoxy groups -OCH3 is 1. The zero-order valence-corrected chi connectivity index (χ0v) is 9.92. The molecule has 0 saturated carbocycles. The van der Waals surface area contributed by atoms with Crippen molar-refractivity contribution in [2.24, 2.45) is 0 Å². The van der Waals surface area contributed by atoms with E-state index in [1.54, 1.807) is 7.11 Å². The average Bonchev–Trinajstić information content (AvgIpc) is 2.56. The van der Waals surface area contributed by atoms with Gasteiger partial charge in [-0.1, -0.05) is 39.8 Å². The molecule has 0 bridgehead atoms. The van der Waals surface area contributed by atoms with Gasteiger partial charge in [-0.2, -0.15) is 4.98 Å². The minimum atomic E-state index is -0.0843. The molecule has 1 rings (SSSR count). The van der Waals surface area contributed by atoms with Crippen LogP contribution in [0.5, 0.6) is 0 Å². The summed E-state index contributed by atoms with van der Waals surface area (Å²) in [5.74, 6) is 1.25. The van der Waals surface area contributed by atoms with E-state index >= 15 is 0 Å². The fourth-order valence-corrected chi connectivity index (χ4v) is 0.746. The van der Waals surface area contributed by atoms with Gasteiger partial charge in [-0.3, -0.25) is 0 Å². The summed E-state index contributed by atoms with van der Waals surface area (Å²) >= 11 is 0. The number of hydrogen-bond acceptors (Lipinski definition) is 4. The Balaban J connectivity index is 0.000000791. The maximum absolute atomic E-state index is 5.04. The predicted octanol–water partition coefficient (Wildman–Crippen LogP) is 2.54. The molecule has 0 aliphatic rings. The summed E-state index contributed by atoms with van der Waals surface area (Å²) in [5, 5.41) is 3.76. The Bertz CT molecular complexity index is 251. The molecule has 0 radical (unpaired) electrons. The Morgan fingerprint density at radius 1 is 1.29 bits per heavy atom. The van der Waals surface area contributed by atoms with Crippen molar-refractivity contribution in [3.05, 3.63) is 11.7 Å². The van der Waals surface area contributed by atoms with Crippen LogP contribution in [0.1, 0.15) is 46.3 Å². The van der Waals surface area contributed by atoms with E-state index in [1.165, 1.54) is 0 Å². The molecule has 0 atom stereocenters. The molecular weight excluding hydrogens is 180 g/mol. The molecule has 0 N–H and O–H groups in total. The number of nitrogens with zero attached hydrogens (tertiary/aromatic N) is 2. The highest BCUT2D eigenvalue weighted by Gasteiger charge is 2.21. The zero-order valence-electron chi connectivity index (χ0n) is 9.92. The second-order valence-electron chi connectivity index (χ2n) is 3.70. The first-order valence-corrected chi connectivity index (χ1v) is 4.86. The predicted molar refractivity (Wildman–Crippen MR) is 55.1 cm³/mol. The van der Waals surface area contributed by atoms with Crippen LogP contribution in [0.15, 0.2) is 4.52 Å². The molecule has 0 spiro atoms. The van der Waals surface area contributed by atoms with Crippen molar-refractivity contribution < 1.29 is 9.26 Å². The van der Waals surface area contributed by atoms with Crippen molar-refractivity contribution in [2.75, 3.05) is 7.11 Å². The lowest BCUT2D eigenvalue weighted by atomic mass is 9.97. The quantitative estimate of drug-likeness (QED) is 0.736. The molecule has 1 aromatic heterocycles. The molecule has 0 aliphatic carbocycles. The van der Waals surface area contributed by atoms with Crippen molar-refractivity contribution in [1.29, 1.82) is 0 Å². The van der Waals surface area contributed by atoms with E-state index in [-0.39, 0.29) is 5.41 Å². The number of aromatic nitrogens is 2. The fourth-order valence-electron chi connectivity index (χ4n) is 0.746. The molecule has 0 unspecified atom stereocenters. The van der Waals surface area contributed by atoms with Crippen LogP contribution in [0.2, 0.25) is 0 Å². The highest BCUT2D eigenvalue weighted by atomic mass is 16.5. The standard InChI is InChI=1S/C8H14N2O2.C2H6/c1-8(2,3)7-9-6(5-11-4)10-12-7;1-2/h5H2,1-4H3;1-2H3. The van der Waals surface area contributed by atoms with Crippen LogP contribution in [-0.2, 0) is 16.8 Å². The molecule has 0 amide bonds. The van der Waals surface area contributed by atoms with E-state index in [2.05, 4.69) is 10.1 Å². The van der Waals surface area contributed by atoms with Gasteiger partial charge in [0.1, 0.15) is 6.61 Å². The third-order valence-electron chi connectivity index (χ3n) is 1.38. The van der Waals surface area contributed by atoms with Gasteiger partial charge >= 0.3 is 0 Å². The average molecular weight is 200 g/mol. The van der Waals surface area contributed by atoms with Crippen molar-refractivity contribution >= 4 is 0 Å². The van der Waals surface area contributed by atoms with Crippen LogP contribution in [0, 0.1) is 0 Å². The van der Waals surface area contributed by atoms with Crippen LogP contribution in [0.4, 0.5) is 0 Å². The van der Waals surface area contributed by atoms with Crippen LogP contribution in [0.3, 0.4) is 0 Å². The SMILES string of the molecule is CC.COCc1noc(C(C)(C)C)n1. The van der Waals surface area contributed by atoms with Crippen molar-refractivity contribution in [3.63, 3.8) is 0 Å².